The molecule has 3 aliphatic rings. The van der Waals surface area contributed by atoms with Crippen molar-refractivity contribution in [1.29, 1.82) is 0 Å². The second-order valence-corrected chi connectivity index (χ2v) is 23.6. The number of carbonyl (C=O) groups is 10. The molecule has 0 spiro atoms. The molecule has 1 aliphatic carbocycles. The van der Waals surface area contributed by atoms with Crippen LogP contribution >= 0.6 is 0 Å². The number of hydrogen-bond donors (Lipinski definition) is 2. The lowest BCUT2D eigenvalue weighted by molar-refractivity contribution is -0.171. The van der Waals surface area contributed by atoms with Gasteiger partial charge in [-0.1, -0.05) is 62.4 Å². The van der Waals surface area contributed by atoms with Crippen molar-refractivity contribution in [2.45, 2.75) is 171 Å². The minimum atomic E-state index is -2.22. The number of hydrogen-bond acceptors (Lipinski definition) is 15. The lowest BCUT2D eigenvalue weighted by Crippen LogP contribution is -2.56. The Morgan fingerprint density at radius 3 is 1.38 bits per heavy atom. The molecule has 0 radical (unpaired) electrons. The molecular weight excluding hydrogens is 1050 g/mol. The van der Waals surface area contributed by atoms with Gasteiger partial charge in [0, 0.05) is 73.3 Å². The van der Waals surface area contributed by atoms with Gasteiger partial charge in [0.05, 0.1) is 11.6 Å². The van der Waals surface area contributed by atoms with Crippen molar-refractivity contribution in [3.63, 3.8) is 0 Å². The van der Waals surface area contributed by atoms with Crippen molar-refractivity contribution in [1.82, 2.24) is 20.0 Å². The molecule has 3 amide bonds. The molecule has 0 aromatic heterocycles. The molecule has 21 heteroatoms. The number of benzene rings is 2. The number of rotatable bonds is 30. The largest absolute Gasteiger partial charge is 0.478 e. The fraction of sp³-hybridized carbons (Fsp3) is 0.633. The fourth-order valence-electron chi connectivity index (χ4n) is 10.6. The molecule has 0 bridgehead atoms. The third kappa shape index (κ3) is 17.8. The second-order valence-electron chi connectivity index (χ2n) is 23.6. The van der Waals surface area contributed by atoms with Crippen LogP contribution in [0.15, 0.2) is 48.5 Å². The van der Waals surface area contributed by atoms with Crippen LogP contribution in [0.5, 0.6) is 0 Å². The number of esters is 2. The summed E-state index contributed by atoms with van der Waals surface area (Å²) in [6.45, 7) is 10.3. The number of alkyl halides is 2. The SMILES string of the molecule is CNC1(C(=O)[C@@H](C=O)C(=O)N(C)[C@@H](CC(C)(C)F)C(=O)O[C@H](Cc2ccc(C3CCOCC3)cc2)C(=O)N(C)[C@@H](CC(C)C)C(=O)[C@@H](C=O)C(=O)N(C)[C@@H](CC(C)(C)F)C(=O)O[C@H](Cc2ccc(C3CCOCC3)cc2)C(=O)O)CC1. The van der Waals surface area contributed by atoms with Crippen molar-refractivity contribution in [2.75, 3.05) is 54.6 Å². The Labute approximate surface area is 473 Å². The van der Waals surface area contributed by atoms with Crippen molar-refractivity contribution >= 4 is 59.8 Å². The van der Waals surface area contributed by atoms with Crippen molar-refractivity contribution in [3.8, 4) is 0 Å². The maximum atomic E-state index is 15.7. The van der Waals surface area contributed by atoms with Gasteiger partial charge in [-0.25, -0.2) is 23.2 Å². The monoisotopic (exact) mass is 1140 g/mol. The predicted molar refractivity (Wildman–Crippen MR) is 292 cm³/mol. The van der Waals surface area contributed by atoms with E-state index >= 15 is 13.6 Å². The maximum absolute atomic E-state index is 15.7. The highest BCUT2D eigenvalue weighted by Gasteiger charge is 2.54. The number of nitrogens with one attached hydrogen (secondary N) is 1. The lowest BCUT2D eigenvalue weighted by atomic mass is 9.89. The molecule has 2 aromatic carbocycles. The summed E-state index contributed by atoms with van der Waals surface area (Å²) in [6.07, 6.45) is -1.78. The van der Waals surface area contributed by atoms with Crippen LogP contribution in [-0.4, -0.2) is 181 Å². The molecule has 0 unspecified atom stereocenters. The first-order chi connectivity index (χ1) is 38.0. The highest BCUT2D eigenvalue weighted by molar-refractivity contribution is 6.17. The summed E-state index contributed by atoms with van der Waals surface area (Å²) in [5.74, 6) is -13.5. The Kier molecular flexibility index (Phi) is 23.1. The average Bonchev–Trinajstić information content (AvgIpc) is 4.33. The smallest absolute Gasteiger partial charge is 0.345 e. The molecule has 2 N–H and O–H groups in total. The highest BCUT2D eigenvalue weighted by atomic mass is 19.1. The number of aldehydes is 2. The first kappa shape index (κ1) is 65.5. The molecule has 7 atom stereocenters. The Balaban J connectivity index is 1.44. The summed E-state index contributed by atoms with van der Waals surface area (Å²) in [6, 6.07) is 9.06. The van der Waals surface area contributed by atoms with E-state index in [0.29, 0.717) is 55.3 Å². The van der Waals surface area contributed by atoms with E-state index < -0.39 is 125 Å². The van der Waals surface area contributed by atoms with E-state index in [9.17, 15) is 48.3 Å². The van der Waals surface area contributed by atoms with Gasteiger partial charge in [-0.15, -0.1) is 0 Å². The van der Waals surface area contributed by atoms with E-state index in [-0.39, 0.29) is 43.7 Å². The molecule has 1 saturated carbocycles. The van der Waals surface area contributed by atoms with E-state index in [2.05, 4.69) is 5.32 Å². The van der Waals surface area contributed by atoms with E-state index in [1.54, 1.807) is 38.1 Å². The third-order valence-corrected chi connectivity index (χ3v) is 15.7. The van der Waals surface area contributed by atoms with Crippen molar-refractivity contribution in [3.05, 3.63) is 70.8 Å². The van der Waals surface area contributed by atoms with Crippen LogP contribution in [0.3, 0.4) is 0 Å². The number of carboxylic acids is 1. The van der Waals surface area contributed by atoms with Crippen molar-refractivity contribution in [2.24, 2.45) is 17.8 Å². The highest BCUT2D eigenvalue weighted by Crippen LogP contribution is 2.38. The van der Waals surface area contributed by atoms with Crippen LogP contribution < -0.4 is 5.32 Å². The quantitative estimate of drug-likeness (QED) is 0.0557. The van der Waals surface area contributed by atoms with Crippen LogP contribution in [0.25, 0.3) is 0 Å². The molecular formula is C60H82F2N4O15. The number of halogens is 2. The maximum Gasteiger partial charge on any atom is 0.345 e. The second kappa shape index (κ2) is 28.6. The summed E-state index contributed by atoms with van der Waals surface area (Å²) in [7, 11) is 4.86. The van der Waals surface area contributed by atoms with Gasteiger partial charge < -0.3 is 53.7 Å². The number of likely N-dealkylation sites (N-methyl/N-ethyl adjacent to an activating group) is 4. The topological polar surface area (TPSA) is 250 Å². The molecule has 81 heavy (non-hydrogen) atoms. The minimum Gasteiger partial charge on any atom is -0.478 e. The van der Waals surface area contributed by atoms with E-state index in [0.717, 1.165) is 88.4 Å². The number of aliphatic carboxylic acids is 1. The first-order valence-electron chi connectivity index (χ1n) is 27.9. The zero-order valence-corrected chi connectivity index (χ0v) is 48.4. The normalized spacial score (nSPS) is 18.4. The zero-order chi connectivity index (χ0) is 60.1. The van der Waals surface area contributed by atoms with E-state index in [4.69, 9.17) is 18.9 Å². The van der Waals surface area contributed by atoms with Crippen LogP contribution in [0.1, 0.15) is 133 Å². The number of nitrogens with zero attached hydrogens (tertiary/aromatic N) is 3. The van der Waals surface area contributed by atoms with Crippen LogP contribution in [0.4, 0.5) is 8.78 Å². The average molecular weight is 1140 g/mol. The Hall–Kier alpha value is -6.32. The molecule has 2 heterocycles. The van der Waals surface area contributed by atoms with Crippen LogP contribution in [0.2, 0.25) is 0 Å². The molecule has 2 aliphatic heterocycles. The van der Waals surface area contributed by atoms with Gasteiger partial charge in [-0.3, -0.25) is 24.0 Å². The standard InChI is InChI=1S/C60H82F2N4O15/c1-36(2)29-45(50(69)43(34-67)52(71)65(9)47(33-59(5,6)62)57(77)81-49(55(74)75)31-38-13-17-40(18-14-38)42-21-27-79-28-22-42)64(8)54(73)48(30-37-11-15-39(16-12-37)41-19-25-78-26-20-41)80-56(76)46(32-58(3,4)61)66(10)53(72)44(35-68)51(70)60(63-7)23-24-60/h11-18,34-36,41-49,63H,19-33H2,1-10H3,(H,74,75)/t43-,44-,45+,46+,47+,48-,49-/m1/s1. The van der Waals surface area contributed by atoms with Gasteiger partial charge >= 0.3 is 17.9 Å². The molecule has 2 aromatic rings. The van der Waals surface area contributed by atoms with Gasteiger partial charge in [0.15, 0.2) is 29.5 Å². The lowest BCUT2D eigenvalue weighted by Gasteiger charge is -2.35. The Bertz CT molecular complexity index is 2550. The molecule has 446 valence electrons. The van der Waals surface area contributed by atoms with Gasteiger partial charge in [-0.05, 0) is 120 Å². The molecule has 2 saturated heterocycles. The Morgan fingerprint density at radius 1 is 0.642 bits per heavy atom. The predicted octanol–water partition coefficient (Wildman–Crippen LogP) is 5.49. The van der Waals surface area contributed by atoms with Gasteiger partial charge in [0.25, 0.3) is 5.91 Å². The third-order valence-electron chi connectivity index (χ3n) is 15.7. The van der Waals surface area contributed by atoms with Crippen LogP contribution in [-0.2, 0) is 79.7 Å². The van der Waals surface area contributed by atoms with E-state index in [1.165, 1.54) is 14.1 Å². The van der Waals surface area contributed by atoms with Gasteiger partial charge in [0.2, 0.25) is 17.9 Å². The molecule has 19 nitrogen and oxygen atoms in total. The van der Waals surface area contributed by atoms with Crippen molar-refractivity contribution < 1.29 is 80.8 Å². The number of amides is 3. The summed E-state index contributed by atoms with van der Waals surface area (Å²) >= 11 is 0. The number of ether oxygens (including phenoxy) is 4. The van der Waals surface area contributed by atoms with Gasteiger partial charge in [0.1, 0.15) is 36.0 Å². The number of carboxylic acid groups (broad SMARTS) is 1. The summed E-state index contributed by atoms with van der Waals surface area (Å²) in [5, 5.41) is 13.0. The number of carbonyl (C=O) groups excluding carboxylic acids is 9. The van der Waals surface area contributed by atoms with Gasteiger partial charge in [-0.2, -0.15) is 0 Å². The van der Waals surface area contributed by atoms with E-state index in [1.807, 2.05) is 24.3 Å². The number of Topliss-reactive ketones (excluding diaryl/α,β-unsaturated/α-hetero) is 2. The summed E-state index contributed by atoms with van der Waals surface area (Å²) in [4.78, 5) is 141. The molecule has 3 fully saturated rings. The fourth-order valence-corrected chi connectivity index (χ4v) is 10.6. The minimum absolute atomic E-state index is 0.0203. The Morgan fingerprint density at radius 2 is 1.02 bits per heavy atom. The summed E-state index contributed by atoms with van der Waals surface area (Å²) < 4.78 is 53.7. The zero-order valence-electron chi connectivity index (χ0n) is 48.4. The number of ketones is 2. The van der Waals surface area contributed by atoms with Crippen LogP contribution in [0, 0.1) is 17.8 Å². The first-order valence-corrected chi connectivity index (χ1v) is 27.9. The summed E-state index contributed by atoms with van der Waals surface area (Å²) in [5.41, 5.74) is -2.47. The molecule has 5 rings (SSSR count).